The zero-order valence-electron chi connectivity index (χ0n) is 30.3. The summed E-state index contributed by atoms with van der Waals surface area (Å²) in [5.41, 5.74) is -3.57. The molecule has 0 atom stereocenters. The van der Waals surface area contributed by atoms with E-state index in [1.165, 1.54) is 30.3 Å². The third kappa shape index (κ3) is 8.86. The lowest BCUT2D eigenvalue weighted by atomic mass is 10.0. The van der Waals surface area contributed by atoms with Crippen molar-refractivity contribution in [1.29, 1.82) is 0 Å². The highest BCUT2D eigenvalue weighted by Crippen LogP contribution is 2.36. The number of phenols is 1. The number of nitrogens with zero attached hydrogens (tertiary/aromatic N) is 4. The first-order chi connectivity index (χ1) is 27.9. The van der Waals surface area contributed by atoms with Crippen LogP contribution in [0, 0.1) is 37.1 Å². The maximum Gasteiger partial charge on any atom is 0.534 e. The smallest absolute Gasteiger partial charge is 0.508 e. The average molecular weight is 837 g/mol. The van der Waals surface area contributed by atoms with E-state index in [9.17, 15) is 44.3 Å². The van der Waals surface area contributed by atoms with Crippen LogP contribution in [-0.2, 0) is 10.1 Å². The minimum Gasteiger partial charge on any atom is -0.508 e. The Morgan fingerprint density at radius 1 is 0.610 bits per heavy atom. The number of aromatic amines is 2. The Bertz CT molecular complexity index is 2990. The number of hydrogen-bond acceptors (Lipinski definition) is 10. The fraction of sp³-hybridized carbons (Fsp3) is 0.0769. The van der Waals surface area contributed by atoms with E-state index in [-0.39, 0.29) is 39.2 Å². The number of phenolic OH excluding ortho intramolecular Hbond substituents is 1. The molecule has 0 aliphatic rings. The van der Waals surface area contributed by atoms with Gasteiger partial charge in [0.2, 0.25) is 0 Å². The predicted octanol–water partition coefficient (Wildman–Crippen LogP) is 9.84. The van der Waals surface area contributed by atoms with Crippen molar-refractivity contribution < 1.29 is 48.4 Å². The molecule has 0 unspecified atom stereocenters. The van der Waals surface area contributed by atoms with Gasteiger partial charge >= 0.3 is 15.6 Å². The van der Waals surface area contributed by atoms with Crippen LogP contribution in [0.5, 0.6) is 11.5 Å². The monoisotopic (exact) mass is 836 g/mol. The number of alkyl halides is 3. The van der Waals surface area contributed by atoms with Crippen molar-refractivity contribution in [3.8, 4) is 34.0 Å². The van der Waals surface area contributed by atoms with E-state index in [0.717, 1.165) is 41.7 Å². The number of H-pyrrole nitrogens is 2. The van der Waals surface area contributed by atoms with Gasteiger partial charge in [-0.15, -0.1) is 0 Å². The Hall–Kier alpha value is -7.22. The van der Waals surface area contributed by atoms with Crippen LogP contribution in [0.4, 0.5) is 54.0 Å². The number of halogens is 7. The van der Waals surface area contributed by atoms with Gasteiger partial charge in [0.05, 0.1) is 11.4 Å². The molecule has 0 saturated carbocycles. The number of anilines is 4. The summed E-state index contributed by atoms with van der Waals surface area (Å²) in [7, 11) is -5.90. The molecule has 8 rings (SSSR count). The predicted molar refractivity (Wildman–Crippen MR) is 205 cm³/mol. The molecule has 4 aromatic carbocycles. The van der Waals surface area contributed by atoms with E-state index < -0.39 is 44.6 Å². The van der Waals surface area contributed by atoms with Crippen molar-refractivity contribution in [2.24, 2.45) is 0 Å². The van der Waals surface area contributed by atoms with Crippen molar-refractivity contribution >= 4 is 54.9 Å². The lowest BCUT2D eigenvalue weighted by molar-refractivity contribution is -0.0500. The van der Waals surface area contributed by atoms with Gasteiger partial charge in [0, 0.05) is 57.6 Å². The van der Waals surface area contributed by atoms with Gasteiger partial charge in [-0.2, -0.15) is 31.8 Å². The number of fused-ring (bicyclic) bond motifs is 2. The van der Waals surface area contributed by atoms with Crippen LogP contribution in [0.2, 0.25) is 0 Å². The second-order valence-corrected chi connectivity index (χ2v) is 14.4. The molecule has 302 valence electrons. The first-order valence-electron chi connectivity index (χ1n) is 17.0. The molecule has 0 fully saturated rings. The van der Waals surface area contributed by atoms with Crippen LogP contribution in [0.1, 0.15) is 11.4 Å². The molecule has 59 heavy (non-hydrogen) atoms. The number of nitrogens with one attached hydrogen (secondary N) is 4. The fourth-order valence-corrected chi connectivity index (χ4v) is 6.29. The third-order valence-corrected chi connectivity index (χ3v) is 9.38. The Balaban J connectivity index is 0.000000184. The second-order valence-electron chi connectivity index (χ2n) is 12.9. The standard InChI is InChI=1S/C20H13F5N4O3S.C19H14F2N4O/c1-10-6-18(29-28-10)26-17-8-11-7-13(32-33(30,31)20(23,24)25)3-5-14(11)19(27-17)15-4-2-12(21)9-16(15)22;1-10-6-18(25-24-10)22-17-8-11-7-13(26)3-5-14(11)19(23-17)15-4-2-12(20)9-16(15)21/h2-9H,1H3,(H2,26,27,28,29);2-9,26H,1H3,(H2,22,23,24,25). The summed E-state index contributed by atoms with van der Waals surface area (Å²) in [6.45, 7) is 3.61. The van der Waals surface area contributed by atoms with Gasteiger partial charge in [-0.3, -0.25) is 10.2 Å². The molecule has 0 radical (unpaired) electrons. The van der Waals surface area contributed by atoms with Crippen LogP contribution in [0.15, 0.2) is 97.1 Å². The maximum absolute atomic E-state index is 14.5. The van der Waals surface area contributed by atoms with Crippen LogP contribution in [0.25, 0.3) is 44.1 Å². The van der Waals surface area contributed by atoms with Crippen molar-refractivity contribution in [2.45, 2.75) is 19.4 Å². The molecule has 0 aliphatic heterocycles. The van der Waals surface area contributed by atoms with Crippen molar-refractivity contribution in [3.63, 3.8) is 0 Å². The minimum atomic E-state index is -5.90. The van der Waals surface area contributed by atoms with E-state index in [4.69, 9.17) is 0 Å². The quantitative estimate of drug-likeness (QED) is 0.0564. The summed E-state index contributed by atoms with van der Waals surface area (Å²) < 4.78 is 121. The van der Waals surface area contributed by atoms with E-state index in [2.05, 4.69) is 45.2 Å². The summed E-state index contributed by atoms with van der Waals surface area (Å²) in [4.78, 5) is 8.83. The van der Waals surface area contributed by atoms with Gasteiger partial charge in [-0.25, -0.2) is 27.5 Å². The van der Waals surface area contributed by atoms with Crippen LogP contribution in [-0.4, -0.2) is 49.4 Å². The van der Waals surface area contributed by atoms with Crippen LogP contribution >= 0.6 is 0 Å². The number of aromatic hydroxyl groups is 1. The maximum atomic E-state index is 14.5. The van der Waals surface area contributed by atoms with Gasteiger partial charge in [0.25, 0.3) is 0 Å². The van der Waals surface area contributed by atoms with E-state index in [1.807, 2.05) is 6.92 Å². The lowest BCUT2D eigenvalue weighted by Crippen LogP contribution is -2.28. The van der Waals surface area contributed by atoms with Crippen LogP contribution in [0.3, 0.4) is 0 Å². The van der Waals surface area contributed by atoms with Crippen molar-refractivity contribution in [3.05, 3.63) is 132 Å². The second kappa shape index (κ2) is 15.6. The van der Waals surface area contributed by atoms with Gasteiger partial charge in [0.15, 0.2) is 11.6 Å². The molecule has 0 spiro atoms. The highest BCUT2D eigenvalue weighted by atomic mass is 32.2. The summed E-state index contributed by atoms with van der Waals surface area (Å²) in [6, 6.07) is 20.7. The van der Waals surface area contributed by atoms with Gasteiger partial charge < -0.3 is 19.9 Å². The molecular formula is C39H27F7N8O4S. The number of pyridine rings is 2. The minimum absolute atomic E-state index is 0.0324. The van der Waals surface area contributed by atoms with Crippen molar-refractivity contribution in [2.75, 3.05) is 10.6 Å². The molecule has 8 aromatic rings. The third-order valence-electron chi connectivity index (χ3n) is 8.40. The Labute approximate surface area is 328 Å². The zero-order chi connectivity index (χ0) is 42.2. The number of aromatic nitrogens is 6. The molecule has 0 aliphatic carbocycles. The molecule has 4 aromatic heterocycles. The normalized spacial score (nSPS) is 11.7. The SMILES string of the molecule is Cc1cc(Nc2cc3cc(O)ccc3c(-c3ccc(F)cc3F)n2)n[nH]1.Cc1cc(Nc2cc3cc(OS(=O)(=O)C(F)(F)F)ccc3c(-c3ccc(F)cc3F)n2)n[nH]1. The summed E-state index contributed by atoms with van der Waals surface area (Å²) >= 11 is 0. The molecule has 0 saturated heterocycles. The Kier molecular flexibility index (Phi) is 10.6. The number of hydrogen-bond donors (Lipinski definition) is 5. The summed E-state index contributed by atoms with van der Waals surface area (Å²) in [5.74, 6) is -2.19. The molecule has 4 heterocycles. The summed E-state index contributed by atoms with van der Waals surface area (Å²) in [5, 5.41) is 31.0. The largest absolute Gasteiger partial charge is 0.534 e. The highest BCUT2D eigenvalue weighted by Gasteiger charge is 2.48. The van der Waals surface area contributed by atoms with E-state index in [1.54, 1.807) is 37.3 Å². The first kappa shape index (κ1) is 40.0. The Morgan fingerprint density at radius 3 is 1.53 bits per heavy atom. The molecule has 0 bridgehead atoms. The molecule has 0 amide bonds. The molecular weight excluding hydrogens is 810 g/mol. The first-order valence-corrected chi connectivity index (χ1v) is 18.4. The van der Waals surface area contributed by atoms with Gasteiger partial charge in [-0.1, -0.05) is 0 Å². The van der Waals surface area contributed by atoms with Gasteiger partial charge in [-0.05, 0) is 97.4 Å². The Morgan fingerprint density at radius 2 is 1.08 bits per heavy atom. The highest BCUT2D eigenvalue weighted by molar-refractivity contribution is 7.88. The fourth-order valence-electron chi connectivity index (χ4n) is 5.84. The van der Waals surface area contributed by atoms with Gasteiger partial charge in [0.1, 0.15) is 46.4 Å². The van der Waals surface area contributed by atoms with Crippen molar-refractivity contribution in [1.82, 2.24) is 30.4 Å². The number of rotatable bonds is 8. The number of aryl methyl sites for hydroxylation is 2. The molecule has 20 heteroatoms. The van der Waals surface area contributed by atoms with E-state index in [0.29, 0.717) is 40.0 Å². The average Bonchev–Trinajstić information content (AvgIpc) is 3.76. The van der Waals surface area contributed by atoms with E-state index >= 15 is 0 Å². The number of benzene rings is 4. The molecule has 12 nitrogen and oxygen atoms in total. The summed E-state index contributed by atoms with van der Waals surface area (Å²) in [6.07, 6.45) is 0. The zero-order valence-corrected chi connectivity index (χ0v) is 31.1. The lowest BCUT2D eigenvalue weighted by Gasteiger charge is -2.13. The molecule has 5 N–H and O–H groups in total. The topological polar surface area (TPSA) is 171 Å². The van der Waals surface area contributed by atoms with Crippen LogP contribution < -0.4 is 14.8 Å².